The Morgan fingerprint density at radius 3 is 2.55 bits per heavy atom. The summed E-state index contributed by atoms with van der Waals surface area (Å²) in [7, 11) is 1.86. The molecule has 0 saturated heterocycles. The van der Waals surface area contributed by atoms with E-state index in [1.165, 1.54) is 0 Å². The molecule has 0 fully saturated rings. The Kier molecular flexibility index (Phi) is 4.20. The zero-order valence-corrected chi connectivity index (χ0v) is 12.1. The van der Waals surface area contributed by atoms with Gasteiger partial charge in [0.05, 0.1) is 5.69 Å². The summed E-state index contributed by atoms with van der Waals surface area (Å²) < 4.78 is 1.73. The average molecular weight is 272 g/mol. The Hall–Kier alpha value is -2.14. The summed E-state index contributed by atoms with van der Waals surface area (Å²) in [6, 6.07) is 7.03. The normalized spacial score (nSPS) is 12.2. The Balaban J connectivity index is 1.98. The van der Waals surface area contributed by atoms with Gasteiger partial charge in [-0.15, -0.1) is 0 Å². The first-order chi connectivity index (χ1) is 9.47. The summed E-state index contributed by atoms with van der Waals surface area (Å²) in [5, 5.41) is 7.08. The number of nitrogens with two attached hydrogens (primary N) is 1. The number of carbonyl (C=O) groups excluding carboxylic acids is 1. The molecule has 1 heterocycles. The van der Waals surface area contributed by atoms with Crippen LogP contribution in [0.2, 0.25) is 0 Å². The molecule has 106 valence electrons. The van der Waals surface area contributed by atoms with Gasteiger partial charge < -0.3 is 11.1 Å². The van der Waals surface area contributed by atoms with Crippen LogP contribution in [0.15, 0.2) is 30.5 Å². The van der Waals surface area contributed by atoms with E-state index in [0.717, 1.165) is 22.4 Å². The molecule has 5 nitrogen and oxygen atoms in total. The standard InChI is InChI=1S/C15H20N4O/c1-10-4-6-12(7-5-10)14(16)15(20)17-8-13-9-19(3)18-11(13)2/h4-7,9,14H,8,16H2,1-3H3,(H,17,20). The third-order valence-corrected chi connectivity index (χ3v) is 3.29. The van der Waals surface area contributed by atoms with Crippen molar-refractivity contribution >= 4 is 5.91 Å². The maximum absolute atomic E-state index is 12.1. The second-order valence-corrected chi connectivity index (χ2v) is 5.02. The van der Waals surface area contributed by atoms with Crippen molar-refractivity contribution < 1.29 is 4.79 Å². The fourth-order valence-corrected chi connectivity index (χ4v) is 2.04. The van der Waals surface area contributed by atoms with Gasteiger partial charge in [-0.05, 0) is 19.4 Å². The molecule has 2 aromatic rings. The lowest BCUT2D eigenvalue weighted by molar-refractivity contribution is -0.122. The number of aryl methyl sites for hydroxylation is 3. The highest BCUT2D eigenvalue weighted by Gasteiger charge is 2.15. The van der Waals surface area contributed by atoms with Crippen LogP contribution in [0.25, 0.3) is 0 Å². The van der Waals surface area contributed by atoms with E-state index in [9.17, 15) is 4.79 Å². The highest BCUT2D eigenvalue weighted by atomic mass is 16.2. The number of benzene rings is 1. The van der Waals surface area contributed by atoms with Crippen molar-refractivity contribution in [3.8, 4) is 0 Å². The number of aromatic nitrogens is 2. The molecule has 0 aliphatic rings. The van der Waals surface area contributed by atoms with Gasteiger partial charge in [-0.1, -0.05) is 29.8 Å². The van der Waals surface area contributed by atoms with E-state index in [1.807, 2.05) is 51.4 Å². The lowest BCUT2D eigenvalue weighted by atomic mass is 10.1. The molecule has 5 heteroatoms. The van der Waals surface area contributed by atoms with Crippen LogP contribution in [0.4, 0.5) is 0 Å². The van der Waals surface area contributed by atoms with Gasteiger partial charge in [0.15, 0.2) is 0 Å². The van der Waals surface area contributed by atoms with Crippen molar-refractivity contribution in [1.82, 2.24) is 15.1 Å². The van der Waals surface area contributed by atoms with Crippen LogP contribution in [0.3, 0.4) is 0 Å². The van der Waals surface area contributed by atoms with Gasteiger partial charge in [0.25, 0.3) is 0 Å². The quantitative estimate of drug-likeness (QED) is 0.882. The minimum Gasteiger partial charge on any atom is -0.350 e. The van der Waals surface area contributed by atoms with Gasteiger partial charge >= 0.3 is 0 Å². The second kappa shape index (κ2) is 5.88. The summed E-state index contributed by atoms with van der Waals surface area (Å²) in [5.41, 5.74) is 9.84. The first-order valence-corrected chi connectivity index (χ1v) is 6.56. The van der Waals surface area contributed by atoms with Gasteiger partial charge in [-0.2, -0.15) is 5.10 Å². The first-order valence-electron chi connectivity index (χ1n) is 6.56. The van der Waals surface area contributed by atoms with Gasteiger partial charge in [-0.25, -0.2) is 0 Å². The van der Waals surface area contributed by atoms with Crippen molar-refractivity contribution in [2.75, 3.05) is 0 Å². The molecule has 1 aromatic carbocycles. The van der Waals surface area contributed by atoms with E-state index >= 15 is 0 Å². The van der Waals surface area contributed by atoms with Crippen LogP contribution in [0, 0.1) is 13.8 Å². The molecule has 0 saturated carbocycles. The fraction of sp³-hybridized carbons (Fsp3) is 0.333. The molecule has 1 aromatic heterocycles. The van der Waals surface area contributed by atoms with Crippen molar-refractivity contribution in [2.24, 2.45) is 12.8 Å². The van der Waals surface area contributed by atoms with E-state index in [4.69, 9.17) is 5.73 Å². The number of carbonyl (C=O) groups is 1. The van der Waals surface area contributed by atoms with Crippen LogP contribution in [-0.2, 0) is 18.4 Å². The van der Waals surface area contributed by atoms with Gasteiger partial charge in [0.2, 0.25) is 5.91 Å². The number of hydrogen-bond acceptors (Lipinski definition) is 3. The predicted molar refractivity (Wildman–Crippen MR) is 77.9 cm³/mol. The smallest absolute Gasteiger partial charge is 0.241 e. The second-order valence-electron chi connectivity index (χ2n) is 5.02. The van der Waals surface area contributed by atoms with E-state index < -0.39 is 6.04 Å². The van der Waals surface area contributed by atoms with E-state index in [2.05, 4.69) is 10.4 Å². The molecular weight excluding hydrogens is 252 g/mol. The van der Waals surface area contributed by atoms with Gasteiger partial charge in [0.1, 0.15) is 6.04 Å². The molecule has 20 heavy (non-hydrogen) atoms. The topological polar surface area (TPSA) is 72.9 Å². The largest absolute Gasteiger partial charge is 0.350 e. The Labute approximate surface area is 118 Å². The molecule has 3 N–H and O–H groups in total. The monoisotopic (exact) mass is 272 g/mol. The van der Waals surface area contributed by atoms with Gasteiger partial charge in [-0.3, -0.25) is 9.48 Å². The third kappa shape index (κ3) is 3.24. The van der Waals surface area contributed by atoms with Crippen molar-refractivity contribution in [2.45, 2.75) is 26.4 Å². The van der Waals surface area contributed by atoms with Crippen LogP contribution in [0.5, 0.6) is 0 Å². The molecule has 0 aliphatic carbocycles. The maximum Gasteiger partial charge on any atom is 0.241 e. The maximum atomic E-state index is 12.1. The fourth-order valence-electron chi connectivity index (χ4n) is 2.04. The van der Waals surface area contributed by atoms with Crippen LogP contribution in [-0.4, -0.2) is 15.7 Å². The predicted octanol–water partition coefficient (Wildman–Crippen LogP) is 1.35. The molecule has 1 atom stereocenters. The number of nitrogens with one attached hydrogen (secondary N) is 1. The Morgan fingerprint density at radius 1 is 1.35 bits per heavy atom. The number of hydrogen-bond donors (Lipinski definition) is 2. The SMILES string of the molecule is Cc1ccc(C(N)C(=O)NCc2cn(C)nc2C)cc1. The van der Waals surface area contributed by atoms with Crippen molar-refractivity contribution in [3.05, 3.63) is 52.8 Å². The first kappa shape index (κ1) is 14.3. The summed E-state index contributed by atoms with van der Waals surface area (Å²) in [4.78, 5) is 12.1. The minimum atomic E-state index is -0.646. The number of amides is 1. The zero-order chi connectivity index (χ0) is 14.7. The number of rotatable bonds is 4. The van der Waals surface area contributed by atoms with Gasteiger partial charge in [0, 0.05) is 25.4 Å². The Morgan fingerprint density at radius 2 is 2.00 bits per heavy atom. The van der Waals surface area contributed by atoms with Crippen LogP contribution < -0.4 is 11.1 Å². The zero-order valence-electron chi connectivity index (χ0n) is 12.1. The number of nitrogens with zero attached hydrogens (tertiary/aromatic N) is 2. The van der Waals surface area contributed by atoms with E-state index in [-0.39, 0.29) is 5.91 Å². The summed E-state index contributed by atoms with van der Waals surface area (Å²) in [5.74, 6) is -0.183. The van der Waals surface area contributed by atoms with Crippen LogP contribution in [0.1, 0.15) is 28.4 Å². The lowest BCUT2D eigenvalue weighted by Crippen LogP contribution is -2.33. The van der Waals surface area contributed by atoms with E-state index in [1.54, 1.807) is 4.68 Å². The highest BCUT2D eigenvalue weighted by molar-refractivity contribution is 5.82. The Bertz CT molecular complexity index is 601. The summed E-state index contributed by atoms with van der Waals surface area (Å²) in [6.07, 6.45) is 1.90. The minimum absolute atomic E-state index is 0.183. The van der Waals surface area contributed by atoms with E-state index in [0.29, 0.717) is 6.54 Å². The summed E-state index contributed by atoms with van der Waals surface area (Å²) in [6.45, 7) is 4.36. The molecule has 1 amide bonds. The summed E-state index contributed by atoms with van der Waals surface area (Å²) >= 11 is 0. The average Bonchev–Trinajstić information content (AvgIpc) is 2.74. The molecule has 0 bridgehead atoms. The molecule has 1 unspecified atom stereocenters. The third-order valence-electron chi connectivity index (χ3n) is 3.29. The molecule has 2 rings (SSSR count). The molecule has 0 radical (unpaired) electrons. The lowest BCUT2D eigenvalue weighted by Gasteiger charge is -2.12. The van der Waals surface area contributed by atoms with Crippen molar-refractivity contribution in [3.63, 3.8) is 0 Å². The molecular formula is C15H20N4O. The van der Waals surface area contributed by atoms with Crippen LogP contribution >= 0.6 is 0 Å². The van der Waals surface area contributed by atoms with Crippen molar-refractivity contribution in [1.29, 1.82) is 0 Å². The molecule has 0 spiro atoms. The highest BCUT2D eigenvalue weighted by Crippen LogP contribution is 2.12. The molecule has 0 aliphatic heterocycles.